The van der Waals surface area contributed by atoms with Gasteiger partial charge >= 0.3 is 6.09 Å². The van der Waals surface area contributed by atoms with Crippen molar-refractivity contribution in [3.8, 4) is 0 Å². The van der Waals surface area contributed by atoms with E-state index in [0.717, 1.165) is 47.1 Å². The van der Waals surface area contributed by atoms with Crippen LogP contribution in [0.1, 0.15) is 61.8 Å². The number of imidazole rings is 1. The Kier molecular flexibility index (Phi) is 9.24. The quantitative estimate of drug-likeness (QED) is 0.270. The van der Waals surface area contributed by atoms with Gasteiger partial charge in [0.25, 0.3) is 5.91 Å². The first-order valence-electron chi connectivity index (χ1n) is 11.6. The van der Waals surface area contributed by atoms with Gasteiger partial charge in [0.1, 0.15) is 5.60 Å². The number of aryl methyl sites for hydroxylation is 2. The Morgan fingerprint density at radius 1 is 1.09 bits per heavy atom. The topological polar surface area (TPSA) is 130 Å². The lowest BCUT2D eigenvalue weighted by Crippen LogP contribution is -2.28. The number of ether oxygens (including phenoxy) is 1. The van der Waals surface area contributed by atoms with Crippen molar-refractivity contribution < 1.29 is 14.3 Å². The molecule has 3 N–H and O–H groups in total. The smallest absolute Gasteiger partial charge is 0.421 e. The number of anilines is 1. The average molecular weight is 593 g/mol. The van der Waals surface area contributed by atoms with Gasteiger partial charge in [-0.15, -0.1) is 5.10 Å². The Labute approximate surface area is 218 Å². The van der Waals surface area contributed by atoms with E-state index in [9.17, 15) is 9.59 Å². The van der Waals surface area contributed by atoms with E-state index in [4.69, 9.17) is 10.5 Å². The first kappa shape index (κ1) is 26.6. The number of nitrogens with zero attached hydrogens (tertiary/aromatic N) is 5. The summed E-state index contributed by atoms with van der Waals surface area (Å²) in [4.78, 5) is 28.7. The van der Waals surface area contributed by atoms with E-state index in [0.29, 0.717) is 18.7 Å². The minimum Gasteiger partial charge on any atom is -0.443 e. The molecule has 3 rings (SSSR count). The highest BCUT2D eigenvalue weighted by molar-refractivity contribution is 14.1. The van der Waals surface area contributed by atoms with Crippen molar-refractivity contribution in [1.82, 2.24) is 29.9 Å². The van der Waals surface area contributed by atoms with Crippen molar-refractivity contribution >= 4 is 40.5 Å². The van der Waals surface area contributed by atoms with Crippen molar-refractivity contribution in [2.24, 2.45) is 0 Å². The maximum absolute atomic E-state index is 12.3. The summed E-state index contributed by atoms with van der Waals surface area (Å²) in [5.41, 5.74) is 7.64. The Bertz CT molecular complexity index is 1150. The number of amides is 1. The minimum atomic E-state index is -0.593. The van der Waals surface area contributed by atoms with Crippen LogP contribution in [-0.2, 0) is 24.1 Å². The molecule has 2 heterocycles. The van der Waals surface area contributed by atoms with Gasteiger partial charge in [0.2, 0.25) is 5.95 Å². The standard InChI is InChI=1S/C24H32IN7O3/c1-24(2,3)35-23(34)32-16-17(28-22(32)26)9-5-4-6-10-18-15-31(30-29-18)14-13-27-21(33)19-11-7-8-12-20(19)25/h7-8,11-12,15-16H,4-6,9-10,13-14H2,1-3H3,(H2,26,28)(H,27,33). The lowest BCUT2D eigenvalue weighted by Gasteiger charge is -2.19. The molecule has 1 aromatic carbocycles. The summed E-state index contributed by atoms with van der Waals surface area (Å²) >= 11 is 2.16. The van der Waals surface area contributed by atoms with Crippen LogP contribution < -0.4 is 11.1 Å². The van der Waals surface area contributed by atoms with Crippen LogP contribution in [0.15, 0.2) is 36.7 Å². The number of nitrogens with two attached hydrogens (primary N) is 1. The zero-order valence-corrected chi connectivity index (χ0v) is 22.5. The summed E-state index contributed by atoms with van der Waals surface area (Å²) in [7, 11) is 0. The lowest BCUT2D eigenvalue weighted by molar-refractivity contribution is 0.0540. The second kappa shape index (κ2) is 12.1. The zero-order chi connectivity index (χ0) is 25.4. The molecule has 0 aliphatic carbocycles. The number of carbonyl (C=O) groups excluding carboxylic acids is 2. The number of rotatable bonds is 10. The lowest BCUT2D eigenvalue weighted by atomic mass is 10.1. The molecule has 0 spiro atoms. The summed E-state index contributed by atoms with van der Waals surface area (Å²) in [6, 6.07) is 7.48. The first-order valence-corrected chi connectivity index (χ1v) is 12.7. The number of hydrogen-bond acceptors (Lipinski definition) is 7. The van der Waals surface area contributed by atoms with Crippen molar-refractivity contribution in [1.29, 1.82) is 0 Å². The predicted molar refractivity (Wildman–Crippen MR) is 141 cm³/mol. The second-order valence-electron chi connectivity index (χ2n) is 9.21. The molecular formula is C24H32IN7O3. The fraction of sp³-hybridized carbons (Fsp3) is 0.458. The molecule has 3 aromatic rings. The number of aromatic nitrogens is 5. The predicted octanol–water partition coefficient (Wildman–Crippen LogP) is 3.83. The zero-order valence-electron chi connectivity index (χ0n) is 20.3. The number of nitrogen functional groups attached to an aromatic ring is 1. The SMILES string of the molecule is CC(C)(C)OC(=O)n1cc(CCCCCc2cn(CCNC(=O)c3ccccc3I)nn2)nc1N. The van der Waals surface area contributed by atoms with E-state index in [2.05, 4.69) is 43.2 Å². The van der Waals surface area contributed by atoms with Gasteiger partial charge in [0, 0.05) is 22.5 Å². The van der Waals surface area contributed by atoms with Crippen LogP contribution in [0.25, 0.3) is 0 Å². The van der Waals surface area contributed by atoms with E-state index in [1.807, 2.05) is 51.2 Å². The highest BCUT2D eigenvalue weighted by Gasteiger charge is 2.20. The fourth-order valence-electron chi connectivity index (χ4n) is 3.40. The number of benzene rings is 1. The molecule has 0 atom stereocenters. The maximum Gasteiger partial charge on any atom is 0.421 e. The Hall–Kier alpha value is -2.96. The average Bonchev–Trinajstić information content (AvgIpc) is 3.38. The Morgan fingerprint density at radius 3 is 2.51 bits per heavy atom. The van der Waals surface area contributed by atoms with E-state index in [1.54, 1.807) is 10.9 Å². The monoisotopic (exact) mass is 593 g/mol. The summed E-state index contributed by atoms with van der Waals surface area (Å²) < 4.78 is 9.26. The van der Waals surface area contributed by atoms with Gasteiger partial charge in [-0.25, -0.2) is 14.3 Å². The van der Waals surface area contributed by atoms with Crippen LogP contribution in [0.3, 0.4) is 0 Å². The van der Waals surface area contributed by atoms with E-state index in [-0.39, 0.29) is 11.9 Å². The number of nitrogens with one attached hydrogen (secondary N) is 1. The summed E-state index contributed by atoms with van der Waals surface area (Å²) in [5, 5.41) is 11.3. The van der Waals surface area contributed by atoms with Crippen molar-refractivity contribution in [2.45, 2.75) is 65.0 Å². The first-order chi connectivity index (χ1) is 16.6. The molecule has 0 unspecified atom stereocenters. The van der Waals surface area contributed by atoms with Crippen molar-refractivity contribution in [3.63, 3.8) is 0 Å². The molecule has 35 heavy (non-hydrogen) atoms. The molecule has 0 saturated heterocycles. The third-order valence-corrected chi connectivity index (χ3v) is 6.01. The number of hydrogen-bond donors (Lipinski definition) is 2. The molecule has 0 saturated carbocycles. The summed E-state index contributed by atoms with van der Waals surface area (Å²) in [6.07, 6.45) is 7.46. The van der Waals surface area contributed by atoms with Crippen LogP contribution in [0.2, 0.25) is 0 Å². The largest absolute Gasteiger partial charge is 0.443 e. The molecule has 0 radical (unpaired) electrons. The number of carbonyl (C=O) groups is 2. The second-order valence-corrected chi connectivity index (χ2v) is 10.4. The van der Waals surface area contributed by atoms with Gasteiger partial charge in [-0.1, -0.05) is 23.8 Å². The molecule has 0 aliphatic heterocycles. The number of unbranched alkanes of at least 4 members (excludes halogenated alkanes) is 2. The van der Waals surface area contributed by atoms with Crippen molar-refractivity contribution in [3.05, 3.63) is 57.2 Å². The van der Waals surface area contributed by atoms with Gasteiger partial charge in [-0.2, -0.15) is 0 Å². The molecule has 0 fully saturated rings. The van der Waals surface area contributed by atoms with E-state index in [1.165, 1.54) is 4.57 Å². The van der Waals surface area contributed by atoms with Gasteiger partial charge in [0.05, 0.1) is 23.5 Å². The molecular weight excluding hydrogens is 561 g/mol. The highest BCUT2D eigenvalue weighted by atomic mass is 127. The van der Waals surface area contributed by atoms with E-state index < -0.39 is 11.7 Å². The maximum atomic E-state index is 12.3. The fourth-order valence-corrected chi connectivity index (χ4v) is 4.03. The summed E-state index contributed by atoms with van der Waals surface area (Å²) in [5.74, 6) is 0.0496. The van der Waals surface area contributed by atoms with Crippen LogP contribution in [0.5, 0.6) is 0 Å². The van der Waals surface area contributed by atoms with Crippen LogP contribution in [0.4, 0.5) is 10.7 Å². The van der Waals surface area contributed by atoms with Crippen LogP contribution in [-0.4, -0.2) is 48.7 Å². The Balaban J connectivity index is 1.34. The molecule has 10 nitrogen and oxygen atoms in total. The molecule has 2 aromatic heterocycles. The van der Waals surface area contributed by atoms with Crippen molar-refractivity contribution in [2.75, 3.05) is 12.3 Å². The normalized spacial score (nSPS) is 11.4. The van der Waals surface area contributed by atoms with Crippen LogP contribution in [0, 0.1) is 3.57 Å². The van der Waals surface area contributed by atoms with Crippen LogP contribution >= 0.6 is 22.6 Å². The molecule has 0 aliphatic rings. The molecule has 0 bridgehead atoms. The molecule has 1 amide bonds. The minimum absolute atomic E-state index is 0.0898. The van der Waals surface area contributed by atoms with Gasteiger partial charge < -0.3 is 15.8 Å². The summed E-state index contributed by atoms with van der Waals surface area (Å²) in [6.45, 7) is 6.46. The Morgan fingerprint density at radius 2 is 1.80 bits per heavy atom. The third kappa shape index (κ3) is 8.34. The van der Waals surface area contributed by atoms with Gasteiger partial charge in [-0.3, -0.25) is 9.48 Å². The van der Waals surface area contributed by atoms with Gasteiger partial charge in [-0.05, 0) is 81.2 Å². The molecule has 188 valence electrons. The number of halogens is 1. The third-order valence-electron chi connectivity index (χ3n) is 5.07. The highest BCUT2D eigenvalue weighted by Crippen LogP contribution is 2.15. The van der Waals surface area contributed by atoms with E-state index >= 15 is 0 Å². The van der Waals surface area contributed by atoms with Gasteiger partial charge in [0.15, 0.2) is 0 Å². The molecule has 11 heteroatoms.